The second-order valence-electron chi connectivity index (χ2n) is 5.70. The molecule has 7 heteroatoms. The van der Waals surface area contributed by atoms with Crippen LogP contribution in [-0.2, 0) is 4.79 Å². The van der Waals surface area contributed by atoms with E-state index in [2.05, 4.69) is 5.32 Å². The number of halogens is 1. The molecule has 23 heavy (non-hydrogen) atoms. The molecular formula is C16H20ClN3O3. The van der Waals surface area contributed by atoms with Gasteiger partial charge in [-0.05, 0) is 19.1 Å². The van der Waals surface area contributed by atoms with Gasteiger partial charge in [-0.3, -0.25) is 19.3 Å². The van der Waals surface area contributed by atoms with Gasteiger partial charge in [0.15, 0.2) is 0 Å². The molecule has 0 spiro atoms. The van der Waals surface area contributed by atoms with E-state index in [1.165, 1.54) is 4.90 Å². The molecule has 124 valence electrons. The highest BCUT2D eigenvalue weighted by atomic mass is 35.5. The minimum atomic E-state index is -0.304. The molecule has 0 aliphatic carbocycles. The van der Waals surface area contributed by atoms with Gasteiger partial charge >= 0.3 is 0 Å². The van der Waals surface area contributed by atoms with Gasteiger partial charge in [-0.1, -0.05) is 12.1 Å². The van der Waals surface area contributed by atoms with Gasteiger partial charge < -0.3 is 10.2 Å². The lowest BCUT2D eigenvalue weighted by Gasteiger charge is -2.34. The van der Waals surface area contributed by atoms with Gasteiger partial charge in [0, 0.05) is 38.6 Å². The minimum Gasteiger partial charge on any atom is -0.337 e. The van der Waals surface area contributed by atoms with Crippen LogP contribution < -0.4 is 5.32 Å². The van der Waals surface area contributed by atoms with E-state index in [-0.39, 0.29) is 49.1 Å². The summed E-state index contributed by atoms with van der Waals surface area (Å²) in [5, 5.41) is 3.23. The second kappa shape index (κ2) is 7.10. The summed E-state index contributed by atoms with van der Waals surface area (Å²) in [6.45, 7) is 4.36. The maximum Gasteiger partial charge on any atom is 0.261 e. The molecule has 2 aliphatic rings. The van der Waals surface area contributed by atoms with Crippen molar-refractivity contribution >= 4 is 30.1 Å². The average molecular weight is 338 g/mol. The Labute approximate surface area is 141 Å². The lowest BCUT2D eigenvalue weighted by molar-refractivity contribution is -0.134. The number of fused-ring (bicyclic) bond motifs is 1. The standard InChI is InChI=1S/C16H19N3O3.ClH/c1-11-10-17-7-9-18(11)14(20)6-8-19-15(21)12-4-2-3-5-13(12)16(19)22;/h2-5,11,17H,6-10H2,1H3;1H/t11-;/m0./s1. The van der Waals surface area contributed by atoms with Crippen molar-refractivity contribution in [1.82, 2.24) is 15.1 Å². The molecule has 0 saturated carbocycles. The molecule has 0 aromatic heterocycles. The Morgan fingerprint density at radius 1 is 1.22 bits per heavy atom. The molecule has 3 rings (SSSR count). The largest absolute Gasteiger partial charge is 0.337 e. The normalized spacial score (nSPS) is 20.3. The van der Waals surface area contributed by atoms with Crippen LogP contribution in [0.1, 0.15) is 34.1 Å². The van der Waals surface area contributed by atoms with E-state index in [1.807, 2.05) is 11.8 Å². The highest BCUT2D eigenvalue weighted by Crippen LogP contribution is 2.22. The van der Waals surface area contributed by atoms with Crippen molar-refractivity contribution in [1.29, 1.82) is 0 Å². The summed E-state index contributed by atoms with van der Waals surface area (Å²) >= 11 is 0. The van der Waals surface area contributed by atoms with Gasteiger partial charge in [-0.2, -0.15) is 0 Å². The molecule has 0 unspecified atom stereocenters. The van der Waals surface area contributed by atoms with Crippen LogP contribution in [0.15, 0.2) is 24.3 Å². The van der Waals surface area contributed by atoms with Gasteiger partial charge in [0.25, 0.3) is 11.8 Å². The van der Waals surface area contributed by atoms with Gasteiger partial charge in [-0.15, -0.1) is 12.4 Å². The molecule has 0 bridgehead atoms. The van der Waals surface area contributed by atoms with E-state index in [9.17, 15) is 14.4 Å². The van der Waals surface area contributed by atoms with Crippen LogP contribution in [0, 0.1) is 0 Å². The Kier molecular flexibility index (Phi) is 5.38. The maximum absolute atomic E-state index is 12.3. The summed E-state index contributed by atoms with van der Waals surface area (Å²) in [6.07, 6.45) is 0.176. The van der Waals surface area contributed by atoms with Crippen LogP contribution in [0.25, 0.3) is 0 Å². The number of nitrogens with one attached hydrogen (secondary N) is 1. The third-order valence-electron chi connectivity index (χ3n) is 4.25. The fourth-order valence-corrected chi connectivity index (χ4v) is 3.00. The highest BCUT2D eigenvalue weighted by molar-refractivity contribution is 6.21. The molecule has 1 fully saturated rings. The summed E-state index contributed by atoms with van der Waals surface area (Å²) in [5.74, 6) is -0.617. The van der Waals surface area contributed by atoms with Crippen molar-refractivity contribution in [2.45, 2.75) is 19.4 Å². The van der Waals surface area contributed by atoms with Crippen molar-refractivity contribution in [3.05, 3.63) is 35.4 Å². The zero-order valence-electron chi connectivity index (χ0n) is 12.9. The summed E-state index contributed by atoms with van der Waals surface area (Å²) in [7, 11) is 0. The fraction of sp³-hybridized carbons (Fsp3) is 0.438. The Morgan fingerprint density at radius 2 is 1.83 bits per heavy atom. The Morgan fingerprint density at radius 3 is 2.39 bits per heavy atom. The number of piperazine rings is 1. The van der Waals surface area contributed by atoms with Crippen LogP contribution in [0.4, 0.5) is 0 Å². The Bertz CT molecular complexity index is 600. The monoisotopic (exact) mass is 337 g/mol. The van der Waals surface area contributed by atoms with E-state index in [0.717, 1.165) is 13.1 Å². The molecule has 3 amide bonds. The maximum atomic E-state index is 12.3. The molecule has 2 aliphatic heterocycles. The molecule has 2 heterocycles. The van der Waals surface area contributed by atoms with Gasteiger partial charge in [-0.25, -0.2) is 0 Å². The number of rotatable bonds is 3. The van der Waals surface area contributed by atoms with Crippen LogP contribution in [0.3, 0.4) is 0 Å². The number of carbonyl (C=O) groups excluding carboxylic acids is 3. The van der Waals surface area contributed by atoms with Gasteiger partial charge in [0.2, 0.25) is 5.91 Å². The first-order valence-electron chi connectivity index (χ1n) is 7.55. The number of amides is 3. The average Bonchev–Trinajstić information content (AvgIpc) is 2.77. The van der Waals surface area contributed by atoms with Crippen molar-refractivity contribution in [3.63, 3.8) is 0 Å². The van der Waals surface area contributed by atoms with E-state index in [0.29, 0.717) is 17.7 Å². The van der Waals surface area contributed by atoms with Gasteiger partial charge in [0.1, 0.15) is 0 Å². The number of hydrogen-bond acceptors (Lipinski definition) is 4. The van der Waals surface area contributed by atoms with E-state index in [1.54, 1.807) is 24.3 Å². The van der Waals surface area contributed by atoms with E-state index < -0.39 is 0 Å². The zero-order valence-corrected chi connectivity index (χ0v) is 13.8. The number of carbonyl (C=O) groups is 3. The van der Waals surface area contributed by atoms with Crippen molar-refractivity contribution in [2.75, 3.05) is 26.2 Å². The van der Waals surface area contributed by atoms with Crippen LogP contribution >= 0.6 is 12.4 Å². The third kappa shape index (κ3) is 3.23. The predicted octanol–water partition coefficient (Wildman–Crippen LogP) is 0.915. The predicted molar refractivity (Wildman–Crippen MR) is 87.7 cm³/mol. The highest BCUT2D eigenvalue weighted by Gasteiger charge is 2.35. The number of benzene rings is 1. The topological polar surface area (TPSA) is 69.7 Å². The summed E-state index contributed by atoms with van der Waals surface area (Å²) in [4.78, 5) is 39.8. The molecule has 1 aromatic rings. The molecule has 1 N–H and O–H groups in total. The second-order valence-corrected chi connectivity index (χ2v) is 5.70. The number of nitrogens with zero attached hydrogens (tertiary/aromatic N) is 2. The van der Waals surface area contributed by atoms with E-state index in [4.69, 9.17) is 0 Å². The van der Waals surface area contributed by atoms with E-state index >= 15 is 0 Å². The van der Waals surface area contributed by atoms with Crippen LogP contribution in [0.2, 0.25) is 0 Å². The first-order chi connectivity index (χ1) is 10.6. The van der Waals surface area contributed by atoms with Crippen molar-refractivity contribution in [3.8, 4) is 0 Å². The Hall–Kier alpha value is -1.92. The molecule has 0 radical (unpaired) electrons. The first-order valence-corrected chi connectivity index (χ1v) is 7.55. The Balaban J connectivity index is 0.00000192. The third-order valence-corrected chi connectivity index (χ3v) is 4.25. The van der Waals surface area contributed by atoms with Crippen LogP contribution in [-0.4, -0.2) is 59.7 Å². The quantitative estimate of drug-likeness (QED) is 0.833. The number of hydrogen-bond donors (Lipinski definition) is 1. The van der Waals surface area contributed by atoms with Crippen molar-refractivity contribution < 1.29 is 14.4 Å². The zero-order chi connectivity index (χ0) is 15.7. The summed E-state index contributed by atoms with van der Waals surface area (Å²) in [5.41, 5.74) is 0.853. The number of imide groups is 1. The lowest BCUT2D eigenvalue weighted by atomic mass is 10.1. The SMILES string of the molecule is C[C@H]1CNCCN1C(=O)CCN1C(=O)c2ccccc2C1=O.Cl. The molecule has 6 nitrogen and oxygen atoms in total. The summed E-state index contributed by atoms with van der Waals surface area (Å²) in [6, 6.07) is 6.91. The van der Waals surface area contributed by atoms with Crippen molar-refractivity contribution in [2.24, 2.45) is 0 Å². The smallest absolute Gasteiger partial charge is 0.261 e. The molecule has 1 atom stereocenters. The molecule has 1 saturated heterocycles. The lowest BCUT2D eigenvalue weighted by Crippen LogP contribution is -2.52. The van der Waals surface area contributed by atoms with Gasteiger partial charge in [0.05, 0.1) is 11.1 Å². The minimum absolute atomic E-state index is 0. The first kappa shape index (κ1) is 17.4. The molecular weight excluding hydrogens is 318 g/mol. The fourth-order valence-electron chi connectivity index (χ4n) is 3.00. The summed E-state index contributed by atoms with van der Waals surface area (Å²) < 4.78 is 0. The molecule has 1 aromatic carbocycles. The van der Waals surface area contributed by atoms with Crippen LogP contribution in [0.5, 0.6) is 0 Å².